The number of nitrogens with one attached hydrogen (secondary N) is 2. The van der Waals surface area contributed by atoms with Crippen molar-refractivity contribution in [3.8, 4) is 0 Å². The number of carbonyl (C=O) groups excluding carboxylic acids is 2. The second-order valence-corrected chi connectivity index (χ2v) is 8.89. The van der Waals surface area contributed by atoms with Gasteiger partial charge in [-0.05, 0) is 26.7 Å². The van der Waals surface area contributed by atoms with Gasteiger partial charge in [-0.1, -0.05) is 35.0 Å². The van der Waals surface area contributed by atoms with E-state index < -0.39 is 5.97 Å². The Bertz CT molecular complexity index is 1050. The molecule has 2 atom stereocenters. The average molecular weight is 513 g/mol. The molecular weight excluding hydrogens is 484 g/mol. The first-order valence-electron chi connectivity index (χ1n) is 10.9. The highest BCUT2D eigenvalue weighted by molar-refractivity contribution is 7.17. The molecule has 3 rings (SSSR count). The zero-order valence-corrected chi connectivity index (χ0v) is 21.4. The maximum Gasteiger partial charge on any atom is 0.358 e. The van der Waals surface area contributed by atoms with Crippen LogP contribution in [0.5, 0.6) is 0 Å². The molecule has 1 amide bonds. The van der Waals surface area contributed by atoms with Crippen LogP contribution in [0, 0.1) is 0 Å². The van der Waals surface area contributed by atoms with Gasteiger partial charge in [0.05, 0.1) is 35.0 Å². The van der Waals surface area contributed by atoms with E-state index in [-0.39, 0.29) is 36.2 Å². The summed E-state index contributed by atoms with van der Waals surface area (Å²) in [6.45, 7) is 6.72. The molecule has 0 unspecified atom stereocenters. The molecule has 0 radical (unpaired) electrons. The quantitative estimate of drug-likeness (QED) is 0.298. The number of rotatable bonds is 9. The number of nitrogens with zero attached hydrogens (tertiary/aromatic N) is 4. The third-order valence-corrected chi connectivity index (χ3v) is 6.92. The molecule has 1 aliphatic rings. The minimum atomic E-state index is -0.514. The predicted molar refractivity (Wildman–Crippen MR) is 129 cm³/mol. The zero-order chi connectivity index (χ0) is 24.8. The van der Waals surface area contributed by atoms with Gasteiger partial charge in [-0.25, -0.2) is 14.8 Å². The summed E-state index contributed by atoms with van der Waals surface area (Å²) in [7, 11) is 3.04. The van der Waals surface area contributed by atoms with Crippen molar-refractivity contribution in [1.82, 2.24) is 20.3 Å². The number of ether oxygens (including phenoxy) is 2. The second-order valence-electron chi connectivity index (χ2n) is 7.55. The summed E-state index contributed by atoms with van der Waals surface area (Å²) < 4.78 is 10.8. The lowest BCUT2D eigenvalue weighted by molar-refractivity contribution is 0.0516. The number of amides is 1. The number of H-pyrrole nitrogens is 1. The molecule has 2 aromatic rings. The number of piperidine rings is 1. The Morgan fingerprint density at radius 2 is 2.09 bits per heavy atom. The Morgan fingerprint density at radius 1 is 1.32 bits per heavy atom. The smallest absolute Gasteiger partial charge is 0.358 e. The number of esters is 1. The Kier molecular flexibility index (Phi) is 8.86. The fourth-order valence-electron chi connectivity index (χ4n) is 3.67. The van der Waals surface area contributed by atoms with Crippen molar-refractivity contribution in [3.63, 3.8) is 0 Å². The molecule has 34 heavy (non-hydrogen) atoms. The van der Waals surface area contributed by atoms with Gasteiger partial charge in [0.25, 0.3) is 5.91 Å². The van der Waals surface area contributed by atoms with Crippen molar-refractivity contribution < 1.29 is 23.9 Å². The highest BCUT2D eigenvalue weighted by Gasteiger charge is 2.34. The number of halogens is 1. The minimum absolute atomic E-state index is 0.177. The lowest BCUT2D eigenvalue weighted by Crippen LogP contribution is -2.55. The van der Waals surface area contributed by atoms with E-state index in [1.54, 1.807) is 21.0 Å². The van der Waals surface area contributed by atoms with E-state index in [2.05, 4.69) is 25.4 Å². The molecule has 0 saturated carbocycles. The molecule has 2 aromatic heterocycles. The first-order chi connectivity index (χ1) is 16.3. The fourth-order valence-corrected chi connectivity index (χ4v) is 4.96. The number of hydrogen-bond donors (Lipinski definition) is 2. The maximum atomic E-state index is 12.7. The van der Waals surface area contributed by atoms with E-state index in [4.69, 9.17) is 25.9 Å². The average Bonchev–Trinajstić information content (AvgIpc) is 3.43. The van der Waals surface area contributed by atoms with Crippen molar-refractivity contribution in [2.75, 3.05) is 38.8 Å². The summed E-state index contributed by atoms with van der Waals surface area (Å²) in [6, 6.07) is -0.233. The Hall–Kier alpha value is -2.70. The van der Waals surface area contributed by atoms with Crippen LogP contribution in [-0.2, 0) is 20.7 Å². The molecule has 0 spiro atoms. The molecule has 11 nitrogen and oxygen atoms in total. The molecule has 2 N–H and O–H groups in total. The summed E-state index contributed by atoms with van der Waals surface area (Å²) in [5, 5.41) is 7.88. The largest absolute Gasteiger partial charge is 0.461 e. The van der Waals surface area contributed by atoms with Gasteiger partial charge in [0.1, 0.15) is 7.11 Å². The van der Waals surface area contributed by atoms with E-state index in [0.717, 1.165) is 0 Å². The first kappa shape index (κ1) is 25.9. The van der Waals surface area contributed by atoms with E-state index in [9.17, 15) is 9.59 Å². The summed E-state index contributed by atoms with van der Waals surface area (Å²) >= 11 is 7.40. The van der Waals surface area contributed by atoms with E-state index in [1.165, 1.54) is 18.4 Å². The van der Waals surface area contributed by atoms with Crippen LogP contribution in [-0.4, -0.2) is 78.6 Å². The van der Waals surface area contributed by atoms with Gasteiger partial charge in [-0.3, -0.25) is 4.79 Å². The zero-order valence-electron chi connectivity index (χ0n) is 19.8. The van der Waals surface area contributed by atoms with Gasteiger partial charge < -0.3 is 29.5 Å². The Labute approximate surface area is 206 Å². The van der Waals surface area contributed by atoms with Crippen molar-refractivity contribution in [2.24, 2.45) is 5.16 Å². The summed E-state index contributed by atoms with van der Waals surface area (Å²) in [4.78, 5) is 44.3. The number of aryl methyl sites for hydroxylation is 1. The third kappa shape index (κ3) is 5.68. The van der Waals surface area contributed by atoms with Crippen LogP contribution < -0.4 is 10.2 Å². The van der Waals surface area contributed by atoms with E-state index >= 15 is 0 Å². The molecule has 1 aliphatic heterocycles. The number of oxime groups is 1. The number of methoxy groups -OCH3 is 1. The second kappa shape index (κ2) is 11.6. The number of hydrogen-bond acceptors (Lipinski definition) is 10. The van der Waals surface area contributed by atoms with Crippen LogP contribution in [0.1, 0.15) is 58.9 Å². The van der Waals surface area contributed by atoms with Crippen LogP contribution in [0.4, 0.5) is 5.13 Å². The van der Waals surface area contributed by atoms with Gasteiger partial charge in [-0.15, -0.1) is 0 Å². The highest BCUT2D eigenvalue weighted by Crippen LogP contribution is 2.30. The number of anilines is 1. The summed E-state index contributed by atoms with van der Waals surface area (Å²) in [5.41, 5.74) is 1.45. The van der Waals surface area contributed by atoms with Gasteiger partial charge in [-0.2, -0.15) is 0 Å². The van der Waals surface area contributed by atoms with Gasteiger partial charge in [0, 0.05) is 20.2 Å². The monoisotopic (exact) mass is 512 g/mol. The van der Waals surface area contributed by atoms with Gasteiger partial charge in [0.2, 0.25) is 0 Å². The molecular formula is C21H29ClN6O5S. The van der Waals surface area contributed by atoms with E-state index in [0.29, 0.717) is 52.5 Å². The normalized spacial score (nSPS) is 18.6. The number of aromatic amines is 1. The number of carbonyl (C=O) groups is 2. The van der Waals surface area contributed by atoms with Crippen molar-refractivity contribution in [2.45, 2.75) is 45.8 Å². The van der Waals surface area contributed by atoms with Crippen molar-refractivity contribution in [3.05, 3.63) is 27.2 Å². The van der Waals surface area contributed by atoms with Crippen molar-refractivity contribution >= 4 is 45.7 Å². The van der Waals surface area contributed by atoms with Crippen LogP contribution >= 0.6 is 22.9 Å². The third-order valence-electron chi connectivity index (χ3n) is 5.39. The maximum absolute atomic E-state index is 12.7. The first-order valence-corrected chi connectivity index (χ1v) is 12.1. The number of aromatic nitrogens is 3. The van der Waals surface area contributed by atoms with Crippen LogP contribution in [0.25, 0.3) is 0 Å². The van der Waals surface area contributed by atoms with Crippen LogP contribution in [0.2, 0.25) is 5.15 Å². The van der Waals surface area contributed by atoms with Gasteiger partial charge >= 0.3 is 5.97 Å². The standard InChI is InChI=1S/C21H29ClN6O5S/c1-6-12-17(22)26-18(23-12)19(29)24-13-8-9-28(10-14(13)31-4)21-25-15(20(30)33-7-2)16(34-21)11(3)27-32-5/h13-14H,6-10H2,1-5H3,(H,23,26)(H,24,29)/b27-11+/t13-,14+/m0/s1. The number of imidazole rings is 1. The summed E-state index contributed by atoms with van der Waals surface area (Å²) in [6.07, 6.45) is 0.950. The SMILES string of the molecule is CCOC(=O)c1nc(N2CC[C@H](NC(=O)c3nc(Cl)c(CC)[nH]3)[C@H](OC)C2)sc1/C(C)=N/OC. The van der Waals surface area contributed by atoms with Crippen LogP contribution in [0.15, 0.2) is 5.16 Å². The molecule has 0 bridgehead atoms. The molecule has 0 aromatic carbocycles. The van der Waals surface area contributed by atoms with Crippen molar-refractivity contribution in [1.29, 1.82) is 0 Å². The highest BCUT2D eigenvalue weighted by atomic mass is 35.5. The lowest BCUT2D eigenvalue weighted by Gasteiger charge is -2.37. The molecule has 186 valence electrons. The van der Waals surface area contributed by atoms with Gasteiger partial charge in [0.15, 0.2) is 21.8 Å². The predicted octanol–water partition coefficient (Wildman–Crippen LogP) is 2.65. The molecule has 1 fully saturated rings. The molecule has 1 saturated heterocycles. The minimum Gasteiger partial charge on any atom is -0.461 e. The van der Waals surface area contributed by atoms with Crippen LogP contribution in [0.3, 0.4) is 0 Å². The molecule has 3 heterocycles. The molecule has 0 aliphatic carbocycles. The summed E-state index contributed by atoms with van der Waals surface area (Å²) in [5.74, 6) is -0.676. The topological polar surface area (TPSA) is 131 Å². The number of thiazole rings is 1. The Balaban J connectivity index is 1.76. The molecule has 13 heteroatoms. The lowest BCUT2D eigenvalue weighted by atomic mass is 10.0. The Morgan fingerprint density at radius 3 is 2.71 bits per heavy atom. The fraction of sp³-hybridized carbons (Fsp3) is 0.571. The van der Waals surface area contributed by atoms with E-state index in [1.807, 2.05) is 11.8 Å².